The fraction of sp³-hybridized carbons (Fsp3) is 0.800. The molecule has 16 heavy (non-hydrogen) atoms. The van der Waals surface area contributed by atoms with Gasteiger partial charge in [-0.05, 0) is 12.5 Å². The van der Waals surface area contributed by atoms with Crippen molar-refractivity contribution in [3.8, 4) is 0 Å². The van der Waals surface area contributed by atoms with E-state index in [4.69, 9.17) is 15.6 Å². The van der Waals surface area contributed by atoms with E-state index < -0.39 is 5.97 Å². The highest BCUT2D eigenvalue weighted by atomic mass is 16.5. The number of nitrogens with two attached hydrogens (primary N) is 1. The zero-order valence-corrected chi connectivity index (χ0v) is 9.81. The Morgan fingerprint density at radius 1 is 1.50 bits per heavy atom. The number of carbonyl (C=O) groups is 2. The number of rotatable bonds is 8. The first-order valence-corrected chi connectivity index (χ1v) is 5.19. The number of methoxy groups -OCH3 is 1. The highest BCUT2D eigenvalue weighted by molar-refractivity contribution is 5.81. The topological polar surface area (TPSA) is 92.9 Å². The van der Waals surface area contributed by atoms with E-state index in [0.717, 1.165) is 0 Å². The molecule has 3 N–H and O–H groups in total. The summed E-state index contributed by atoms with van der Waals surface area (Å²) in [6, 6.07) is 0. The number of hydrogen-bond acceptors (Lipinski definition) is 4. The molecule has 0 heterocycles. The predicted octanol–water partition coefficient (Wildman–Crippen LogP) is -0.469. The molecule has 0 spiro atoms. The van der Waals surface area contributed by atoms with Gasteiger partial charge in [0.1, 0.15) is 6.54 Å². The zero-order chi connectivity index (χ0) is 12.6. The van der Waals surface area contributed by atoms with Gasteiger partial charge in [-0.2, -0.15) is 0 Å². The van der Waals surface area contributed by atoms with Gasteiger partial charge in [-0.15, -0.1) is 0 Å². The summed E-state index contributed by atoms with van der Waals surface area (Å²) in [6.07, 6.45) is 0.271. The molecule has 0 rings (SSSR count). The number of hydrogen-bond donors (Lipinski definition) is 2. The summed E-state index contributed by atoms with van der Waals surface area (Å²) in [5.74, 6) is -1.16. The van der Waals surface area contributed by atoms with Crippen LogP contribution in [0.1, 0.15) is 13.3 Å². The van der Waals surface area contributed by atoms with Gasteiger partial charge in [0.05, 0.1) is 6.61 Å². The number of carbonyl (C=O) groups excluding carboxylic acids is 1. The molecule has 0 aliphatic carbocycles. The van der Waals surface area contributed by atoms with E-state index in [9.17, 15) is 9.59 Å². The maximum absolute atomic E-state index is 11.7. The van der Waals surface area contributed by atoms with E-state index >= 15 is 0 Å². The maximum Gasteiger partial charge on any atom is 0.323 e. The van der Waals surface area contributed by atoms with Crippen molar-refractivity contribution in [1.82, 2.24) is 4.90 Å². The predicted molar refractivity (Wildman–Crippen MR) is 58.9 cm³/mol. The second-order valence-corrected chi connectivity index (χ2v) is 3.75. The first kappa shape index (κ1) is 14.9. The largest absolute Gasteiger partial charge is 0.480 e. The number of aliphatic carboxylic acids is 1. The normalized spacial score (nSPS) is 12.2. The summed E-state index contributed by atoms with van der Waals surface area (Å²) in [4.78, 5) is 23.6. The first-order valence-electron chi connectivity index (χ1n) is 5.19. The molecule has 0 aromatic carbocycles. The fourth-order valence-electron chi connectivity index (χ4n) is 1.17. The quantitative estimate of drug-likeness (QED) is 0.590. The lowest BCUT2D eigenvalue weighted by atomic mass is 10.1. The molecule has 94 valence electrons. The van der Waals surface area contributed by atoms with Crippen LogP contribution >= 0.6 is 0 Å². The van der Waals surface area contributed by atoms with Crippen molar-refractivity contribution in [2.75, 3.05) is 33.4 Å². The summed E-state index contributed by atoms with van der Waals surface area (Å²) in [7, 11) is 1.51. The van der Waals surface area contributed by atoms with Crippen molar-refractivity contribution < 1.29 is 19.4 Å². The molecule has 1 unspecified atom stereocenters. The van der Waals surface area contributed by atoms with Crippen molar-refractivity contribution >= 4 is 11.9 Å². The van der Waals surface area contributed by atoms with Crippen molar-refractivity contribution in [2.45, 2.75) is 13.3 Å². The number of carboxylic acid groups (broad SMARTS) is 1. The molecule has 1 atom stereocenters. The average molecular weight is 232 g/mol. The van der Waals surface area contributed by atoms with Crippen molar-refractivity contribution in [2.24, 2.45) is 11.7 Å². The molecular formula is C10H20N2O4. The third kappa shape index (κ3) is 6.36. The minimum absolute atomic E-state index is 0.0614. The molecule has 0 aliphatic rings. The van der Waals surface area contributed by atoms with E-state index in [1.165, 1.54) is 12.0 Å². The van der Waals surface area contributed by atoms with Gasteiger partial charge in [-0.3, -0.25) is 9.59 Å². The van der Waals surface area contributed by atoms with E-state index in [2.05, 4.69) is 0 Å². The molecule has 0 saturated heterocycles. The second-order valence-electron chi connectivity index (χ2n) is 3.75. The standard InChI is InChI=1S/C10H20N2O4/c1-8(6-11)5-9(13)12(3-4-16-2)7-10(14)15/h8H,3-7,11H2,1-2H3,(H,14,15). The molecule has 6 nitrogen and oxygen atoms in total. The van der Waals surface area contributed by atoms with Crippen LogP contribution in [0.25, 0.3) is 0 Å². The van der Waals surface area contributed by atoms with Gasteiger partial charge in [0, 0.05) is 20.1 Å². The molecule has 0 fully saturated rings. The number of amides is 1. The fourth-order valence-corrected chi connectivity index (χ4v) is 1.17. The highest BCUT2D eigenvalue weighted by Crippen LogP contribution is 2.03. The lowest BCUT2D eigenvalue weighted by Gasteiger charge is -2.21. The Morgan fingerprint density at radius 3 is 2.56 bits per heavy atom. The van der Waals surface area contributed by atoms with E-state index in [1.54, 1.807) is 0 Å². The Morgan fingerprint density at radius 2 is 2.12 bits per heavy atom. The Labute approximate surface area is 95.4 Å². The minimum atomic E-state index is -1.02. The third-order valence-electron chi connectivity index (χ3n) is 2.17. The third-order valence-corrected chi connectivity index (χ3v) is 2.17. The zero-order valence-electron chi connectivity index (χ0n) is 9.81. The van der Waals surface area contributed by atoms with E-state index in [0.29, 0.717) is 19.7 Å². The molecule has 1 amide bonds. The van der Waals surface area contributed by atoms with Crippen LogP contribution < -0.4 is 5.73 Å². The van der Waals surface area contributed by atoms with Gasteiger partial charge in [-0.1, -0.05) is 6.92 Å². The molecule has 0 aliphatic heterocycles. The Hall–Kier alpha value is -1.14. The van der Waals surface area contributed by atoms with E-state index in [-0.39, 0.29) is 24.8 Å². The van der Waals surface area contributed by atoms with Gasteiger partial charge in [0.2, 0.25) is 5.91 Å². The van der Waals surface area contributed by atoms with Crippen molar-refractivity contribution in [3.63, 3.8) is 0 Å². The Kier molecular flexibility index (Phi) is 7.49. The van der Waals surface area contributed by atoms with Crippen LogP contribution in [0.3, 0.4) is 0 Å². The molecule has 6 heteroatoms. The van der Waals surface area contributed by atoms with Gasteiger partial charge in [0.25, 0.3) is 0 Å². The van der Waals surface area contributed by atoms with E-state index in [1.807, 2.05) is 6.92 Å². The van der Waals surface area contributed by atoms with Gasteiger partial charge in [0.15, 0.2) is 0 Å². The van der Waals surface area contributed by atoms with Crippen LogP contribution in [0.15, 0.2) is 0 Å². The summed E-state index contributed by atoms with van der Waals surface area (Å²) < 4.78 is 4.82. The molecule has 0 aromatic rings. The Bertz CT molecular complexity index is 233. The van der Waals surface area contributed by atoms with Crippen LogP contribution in [0, 0.1) is 5.92 Å². The van der Waals surface area contributed by atoms with Crippen LogP contribution in [-0.4, -0.2) is 55.2 Å². The number of nitrogens with zero attached hydrogens (tertiary/aromatic N) is 1. The average Bonchev–Trinajstić information content (AvgIpc) is 2.23. The smallest absolute Gasteiger partial charge is 0.323 e. The maximum atomic E-state index is 11.7. The second kappa shape index (κ2) is 8.06. The summed E-state index contributed by atoms with van der Waals surface area (Å²) in [5.41, 5.74) is 5.41. The van der Waals surface area contributed by atoms with Crippen LogP contribution in [0.2, 0.25) is 0 Å². The molecule has 0 saturated carbocycles. The SMILES string of the molecule is COCCN(CC(=O)O)C(=O)CC(C)CN. The highest BCUT2D eigenvalue weighted by Gasteiger charge is 2.18. The minimum Gasteiger partial charge on any atom is -0.480 e. The molecular weight excluding hydrogens is 212 g/mol. The van der Waals surface area contributed by atoms with Crippen LogP contribution in [0.5, 0.6) is 0 Å². The summed E-state index contributed by atoms with van der Waals surface area (Å²) in [5, 5.41) is 8.66. The van der Waals surface area contributed by atoms with Gasteiger partial charge >= 0.3 is 5.97 Å². The number of carboxylic acids is 1. The van der Waals surface area contributed by atoms with Gasteiger partial charge in [-0.25, -0.2) is 0 Å². The van der Waals surface area contributed by atoms with Crippen molar-refractivity contribution in [3.05, 3.63) is 0 Å². The lowest BCUT2D eigenvalue weighted by Crippen LogP contribution is -2.39. The Balaban J connectivity index is 4.25. The van der Waals surface area contributed by atoms with Crippen LogP contribution in [0.4, 0.5) is 0 Å². The van der Waals surface area contributed by atoms with Gasteiger partial charge < -0.3 is 20.5 Å². The summed E-state index contributed by atoms with van der Waals surface area (Å²) >= 11 is 0. The molecule has 0 radical (unpaired) electrons. The van der Waals surface area contributed by atoms with Crippen molar-refractivity contribution in [1.29, 1.82) is 0 Å². The molecule has 0 aromatic heterocycles. The first-order chi connectivity index (χ1) is 7.51. The summed E-state index contributed by atoms with van der Waals surface area (Å²) in [6.45, 7) is 2.60. The van der Waals surface area contributed by atoms with Crippen LogP contribution in [-0.2, 0) is 14.3 Å². The lowest BCUT2D eigenvalue weighted by molar-refractivity contribution is -0.145. The monoisotopic (exact) mass is 232 g/mol. The number of ether oxygens (including phenoxy) is 1. The molecule has 0 bridgehead atoms.